The number of piperazine rings is 1. The van der Waals surface area contributed by atoms with Gasteiger partial charge in [0.1, 0.15) is 11.9 Å². The zero-order valence-corrected chi connectivity index (χ0v) is 16.7. The van der Waals surface area contributed by atoms with Gasteiger partial charge in [-0.25, -0.2) is 13.9 Å². The summed E-state index contributed by atoms with van der Waals surface area (Å²) in [5.41, 5.74) is 7.06. The van der Waals surface area contributed by atoms with Gasteiger partial charge in [0.2, 0.25) is 5.91 Å². The van der Waals surface area contributed by atoms with Crippen LogP contribution < -0.4 is 15.5 Å². The van der Waals surface area contributed by atoms with Crippen molar-refractivity contribution in [3.05, 3.63) is 35.9 Å². The fraction of sp³-hybridized carbons (Fsp3) is 0.474. The van der Waals surface area contributed by atoms with E-state index in [-0.39, 0.29) is 12.5 Å². The van der Waals surface area contributed by atoms with Crippen molar-refractivity contribution >= 4 is 23.4 Å². The van der Waals surface area contributed by atoms with Gasteiger partial charge in [-0.1, -0.05) is 5.21 Å². The fourth-order valence-electron chi connectivity index (χ4n) is 3.77. The monoisotopic (exact) mass is 417 g/mol. The number of cyclic esters (lactones) is 1. The second-order valence-corrected chi connectivity index (χ2v) is 7.41. The van der Waals surface area contributed by atoms with Crippen LogP contribution in [-0.4, -0.2) is 77.3 Å². The zero-order chi connectivity index (χ0) is 21.3. The lowest BCUT2D eigenvalue weighted by molar-refractivity contribution is -0.129. The maximum atomic E-state index is 14.8. The van der Waals surface area contributed by atoms with E-state index < -0.39 is 18.0 Å². The van der Waals surface area contributed by atoms with Crippen LogP contribution in [0.1, 0.15) is 5.69 Å². The third-order valence-corrected chi connectivity index (χ3v) is 5.31. The minimum Gasteiger partial charge on any atom is -0.442 e. The molecule has 0 radical (unpaired) electrons. The Bertz CT molecular complexity index is 942. The third kappa shape index (κ3) is 4.06. The minimum absolute atomic E-state index is 0.0213. The van der Waals surface area contributed by atoms with Gasteiger partial charge in [-0.2, -0.15) is 0 Å². The molecule has 0 unspecified atom stereocenters. The van der Waals surface area contributed by atoms with Crippen LogP contribution in [0.15, 0.2) is 24.4 Å². The van der Waals surface area contributed by atoms with E-state index in [0.717, 1.165) is 5.69 Å². The average Bonchev–Trinajstić information content (AvgIpc) is 3.32. The van der Waals surface area contributed by atoms with Gasteiger partial charge in [0.05, 0.1) is 36.7 Å². The Labute approximate surface area is 173 Å². The van der Waals surface area contributed by atoms with Crippen LogP contribution in [0, 0.1) is 12.7 Å². The summed E-state index contributed by atoms with van der Waals surface area (Å²) >= 11 is 0. The van der Waals surface area contributed by atoms with E-state index in [9.17, 15) is 14.0 Å². The number of benzene rings is 1. The molecular weight excluding hydrogens is 393 g/mol. The van der Waals surface area contributed by atoms with Crippen molar-refractivity contribution in [2.24, 2.45) is 5.73 Å². The van der Waals surface area contributed by atoms with Crippen molar-refractivity contribution in [1.29, 1.82) is 0 Å². The van der Waals surface area contributed by atoms with Gasteiger partial charge < -0.3 is 20.3 Å². The van der Waals surface area contributed by atoms with E-state index in [1.54, 1.807) is 27.9 Å². The molecule has 1 aromatic heterocycles. The van der Waals surface area contributed by atoms with Crippen LogP contribution in [-0.2, 0) is 16.1 Å². The molecule has 0 spiro atoms. The molecule has 30 heavy (non-hydrogen) atoms. The molecule has 2 saturated heterocycles. The predicted octanol–water partition coefficient (Wildman–Crippen LogP) is 0.358. The summed E-state index contributed by atoms with van der Waals surface area (Å²) in [4.78, 5) is 29.0. The number of amides is 2. The summed E-state index contributed by atoms with van der Waals surface area (Å²) in [6.45, 7) is 4.54. The standard InChI is InChI=1S/C19H24FN7O3/c1-13-10-26(23-22-13)11-15-12-27(19(29)30-15)14-2-3-17(16(20)8-14)24-4-6-25(7-5-24)18(28)9-21/h2-3,8,10,15H,4-7,9,11-12,21H2,1H3/t15-/m0/s1. The molecule has 2 fully saturated rings. The molecule has 1 aromatic carbocycles. The number of nitrogens with zero attached hydrogens (tertiary/aromatic N) is 6. The van der Waals surface area contributed by atoms with Crippen LogP contribution in [0.25, 0.3) is 0 Å². The molecule has 1 atom stereocenters. The molecule has 10 nitrogen and oxygen atoms in total. The van der Waals surface area contributed by atoms with Crippen LogP contribution in [0.3, 0.4) is 0 Å². The number of carbonyl (C=O) groups excluding carboxylic acids is 2. The van der Waals surface area contributed by atoms with Crippen LogP contribution in [0.4, 0.5) is 20.6 Å². The van der Waals surface area contributed by atoms with Gasteiger partial charge >= 0.3 is 6.09 Å². The van der Waals surface area contributed by atoms with Crippen molar-refractivity contribution < 1.29 is 18.7 Å². The van der Waals surface area contributed by atoms with Gasteiger partial charge in [-0.05, 0) is 25.1 Å². The maximum Gasteiger partial charge on any atom is 0.414 e. The highest BCUT2D eigenvalue weighted by atomic mass is 19.1. The third-order valence-electron chi connectivity index (χ3n) is 5.31. The Morgan fingerprint density at radius 1 is 1.30 bits per heavy atom. The highest BCUT2D eigenvalue weighted by Gasteiger charge is 2.33. The first-order chi connectivity index (χ1) is 14.4. The van der Waals surface area contributed by atoms with Crippen LogP contribution >= 0.6 is 0 Å². The number of ether oxygens (including phenoxy) is 1. The summed E-state index contributed by atoms with van der Waals surface area (Å²) in [5, 5.41) is 7.88. The summed E-state index contributed by atoms with van der Waals surface area (Å²) in [5.74, 6) is -0.525. The first-order valence-electron chi connectivity index (χ1n) is 9.82. The van der Waals surface area contributed by atoms with Gasteiger partial charge in [-0.3, -0.25) is 9.69 Å². The number of carbonyl (C=O) groups is 2. The molecule has 2 aromatic rings. The number of nitrogens with two attached hydrogens (primary N) is 1. The molecule has 3 heterocycles. The minimum atomic E-state index is -0.516. The summed E-state index contributed by atoms with van der Waals surface area (Å²) in [6.07, 6.45) is 0.860. The number of rotatable bonds is 5. The Morgan fingerprint density at radius 3 is 2.70 bits per heavy atom. The molecule has 2 N–H and O–H groups in total. The van der Waals surface area contributed by atoms with E-state index in [1.165, 1.54) is 11.0 Å². The van der Waals surface area contributed by atoms with Crippen molar-refractivity contribution in [3.8, 4) is 0 Å². The number of aryl methyl sites for hydroxylation is 1. The second-order valence-electron chi connectivity index (χ2n) is 7.41. The van der Waals surface area contributed by atoms with Gasteiger partial charge in [-0.15, -0.1) is 5.10 Å². The van der Waals surface area contributed by atoms with Crippen molar-refractivity contribution in [2.75, 3.05) is 49.1 Å². The Balaban J connectivity index is 1.41. The molecule has 4 rings (SSSR count). The van der Waals surface area contributed by atoms with Crippen molar-refractivity contribution in [2.45, 2.75) is 19.6 Å². The van der Waals surface area contributed by atoms with E-state index in [2.05, 4.69) is 10.3 Å². The van der Waals surface area contributed by atoms with Crippen LogP contribution in [0.5, 0.6) is 0 Å². The molecule has 2 amide bonds. The molecule has 11 heteroatoms. The van der Waals surface area contributed by atoms with Gasteiger partial charge in [0, 0.05) is 32.4 Å². The quantitative estimate of drug-likeness (QED) is 0.748. The SMILES string of the molecule is Cc1cn(C[C@H]2CN(c3ccc(N4CCN(C(=O)CN)CC4)c(F)c3)C(=O)O2)nn1. The molecule has 2 aliphatic heterocycles. The van der Waals surface area contributed by atoms with Crippen molar-refractivity contribution in [1.82, 2.24) is 19.9 Å². The highest BCUT2D eigenvalue weighted by Crippen LogP contribution is 2.28. The molecular formula is C19H24FN7O3. The molecule has 2 aliphatic rings. The van der Waals surface area contributed by atoms with E-state index in [0.29, 0.717) is 50.6 Å². The zero-order valence-electron chi connectivity index (χ0n) is 16.7. The normalized spacial score (nSPS) is 19.4. The molecule has 0 bridgehead atoms. The number of halogens is 1. The van der Waals surface area contributed by atoms with E-state index in [1.807, 2.05) is 11.8 Å². The van der Waals surface area contributed by atoms with Crippen molar-refractivity contribution in [3.63, 3.8) is 0 Å². The molecule has 0 saturated carbocycles. The number of hydrogen-bond acceptors (Lipinski definition) is 7. The number of hydrogen-bond donors (Lipinski definition) is 1. The van der Waals surface area contributed by atoms with E-state index in [4.69, 9.17) is 10.5 Å². The fourth-order valence-corrected chi connectivity index (χ4v) is 3.77. The Morgan fingerprint density at radius 2 is 2.07 bits per heavy atom. The first kappa shape index (κ1) is 20.1. The summed E-state index contributed by atoms with van der Waals surface area (Å²) in [6, 6.07) is 4.71. The predicted molar refractivity (Wildman–Crippen MR) is 107 cm³/mol. The second kappa shape index (κ2) is 8.27. The summed E-state index contributed by atoms with van der Waals surface area (Å²) in [7, 11) is 0. The smallest absolute Gasteiger partial charge is 0.414 e. The lowest BCUT2D eigenvalue weighted by atomic mass is 10.2. The lowest BCUT2D eigenvalue weighted by Crippen LogP contribution is -2.50. The first-order valence-corrected chi connectivity index (χ1v) is 9.82. The number of aromatic nitrogens is 3. The van der Waals surface area contributed by atoms with Gasteiger partial charge in [0.25, 0.3) is 0 Å². The summed E-state index contributed by atoms with van der Waals surface area (Å²) < 4.78 is 21.9. The lowest BCUT2D eigenvalue weighted by Gasteiger charge is -2.36. The largest absolute Gasteiger partial charge is 0.442 e. The Hall–Kier alpha value is -3.21. The Kier molecular flexibility index (Phi) is 5.53. The molecule has 0 aliphatic carbocycles. The van der Waals surface area contributed by atoms with Gasteiger partial charge in [0.15, 0.2) is 0 Å². The topological polar surface area (TPSA) is 110 Å². The van der Waals surface area contributed by atoms with Crippen LogP contribution in [0.2, 0.25) is 0 Å². The maximum absolute atomic E-state index is 14.8. The average molecular weight is 417 g/mol. The van der Waals surface area contributed by atoms with E-state index >= 15 is 0 Å². The highest BCUT2D eigenvalue weighted by molar-refractivity contribution is 5.90. The number of anilines is 2. The molecule has 160 valence electrons.